The smallest absolute Gasteiger partial charge is 0.183 e. The van der Waals surface area contributed by atoms with Crippen molar-refractivity contribution >= 4 is 33.0 Å². The fraction of sp³-hybridized carbons (Fsp3) is 0.300. The summed E-state index contributed by atoms with van der Waals surface area (Å²) in [5.41, 5.74) is 0. The molecule has 1 aromatic carbocycles. The Morgan fingerprint density at radius 2 is 2.06 bits per heavy atom. The summed E-state index contributed by atoms with van der Waals surface area (Å²) in [5, 5.41) is 8.12. The first kappa shape index (κ1) is 13.3. The summed E-state index contributed by atoms with van der Waals surface area (Å²) in [7, 11) is -3.59. The van der Waals surface area contributed by atoms with Gasteiger partial charge in [-0.05, 0) is 25.1 Å². The van der Waals surface area contributed by atoms with Crippen LogP contribution in [0, 0.1) is 11.3 Å². The zero-order valence-corrected chi connectivity index (χ0v) is 10.8. The highest BCUT2D eigenvalue weighted by Crippen LogP contribution is 2.28. The maximum absolute atomic E-state index is 12.0. The van der Waals surface area contributed by atoms with Gasteiger partial charge in [0.1, 0.15) is 0 Å². The highest BCUT2D eigenvalue weighted by molar-refractivity contribution is 7.92. The van der Waals surface area contributed by atoms with Gasteiger partial charge in [0.05, 0.1) is 27.7 Å². The van der Waals surface area contributed by atoms with Crippen LogP contribution >= 0.6 is 23.2 Å². The largest absolute Gasteiger partial charge is 0.223 e. The summed E-state index contributed by atoms with van der Waals surface area (Å²) in [6.45, 7) is 1.47. The monoisotopic (exact) mass is 277 g/mol. The van der Waals surface area contributed by atoms with Gasteiger partial charge in [-0.3, -0.25) is 0 Å². The van der Waals surface area contributed by atoms with Gasteiger partial charge >= 0.3 is 0 Å². The molecule has 6 heteroatoms. The molecule has 0 aliphatic heterocycles. The van der Waals surface area contributed by atoms with E-state index in [0.717, 1.165) is 0 Å². The van der Waals surface area contributed by atoms with Crippen molar-refractivity contribution in [2.24, 2.45) is 0 Å². The van der Waals surface area contributed by atoms with Gasteiger partial charge in [-0.15, -0.1) is 0 Å². The number of benzene rings is 1. The molecule has 0 radical (unpaired) electrons. The second kappa shape index (κ2) is 5.05. The number of nitrogens with zero attached hydrogens (tertiary/aromatic N) is 1. The van der Waals surface area contributed by atoms with Crippen LogP contribution in [0.5, 0.6) is 0 Å². The standard InChI is InChI=1S/C10H9Cl2NO2S/c1-7(4-5-13)16(14,15)10-6-8(11)2-3-9(10)12/h2-3,6-7H,4H2,1H3. The van der Waals surface area contributed by atoms with Crippen molar-refractivity contribution in [3.8, 4) is 6.07 Å². The van der Waals surface area contributed by atoms with Gasteiger partial charge in [0.15, 0.2) is 9.84 Å². The fourth-order valence-electron chi connectivity index (χ4n) is 1.15. The van der Waals surface area contributed by atoms with E-state index in [1.807, 2.05) is 6.07 Å². The van der Waals surface area contributed by atoms with Crippen LogP contribution in [-0.4, -0.2) is 13.7 Å². The Balaban J connectivity index is 3.28. The predicted octanol–water partition coefficient (Wildman–Crippen LogP) is 3.07. The van der Waals surface area contributed by atoms with Gasteiger partial charge in [0.2, 0.25) is 0 Å². The molecule has 1 unspecified atom stereocenters. The summed E-state index contributed by atoms with van der Waals surface area (Å²) in [5.74, 6) is 0. The minimum atomic E-state index is -3.59. The molecule has 0 fully saturated rings. The number of sulfone groups is 1. The van der Waals surface area contributed by atoms with Crippen LogP contribution in [0.15, 0.2) is 23.1 Å². The Kier molecular flexibility index (Phi) is 4.20. The Hall–Kier alpha value is -0.760. The summed E-state index contributed by atoms with van der Waals surface area (Å²) >= 11 is 11.5. The maximum atomic E-state index is 12.0. The van der Waals surface area contributed by atoms with Gasteiger partial charge < -0.3 is 0 Å². The van der Waals surface area contributed by atoms with Crippen LogP contribution in [0.2, 0.25) is 10.0 Å². The molecule has 0 amide bonds. The first-order chi connectivity index (χ1) is 7.39. The van der Waals surface area contributed by atoms with E-state index in [-0.39, 0.29) is 16.3 Å². The molecule has 0 saturated carbocycles. The third-order valence-electron chi connectivity index (χ3n) is 2.11. The van der Waals surface area contributed by atoms with Crippen molar-refractivity contribution in [2.45, 2.75) is 23.5 Å². The van der Waals surface area contributed by atoms with Crippen molar-refractivity contribution in [2.75, 3.05) is 0 Å². The molecule has 1 atom stereocenters. The Labute approximate surface area is 105 Å². The number of hydrogen-bond acceptors (Lipinski definition) is 3. The quantitative estimate of drug-likeness (QED) is 0.853. The third kappa shape index (κ3) is 2.67. The zero-order chi connectivity index (χ0) is 12.3. The van der Waals surface area contributed by atoms with Crippen LogP contribution in [0.4, 0.5) is 0 Å². The second-order valence-electron chi connectivity index (χ2n) is 3.29. The van der Waals surface area contributed by atoms with Crippen molar-refractivity contribution in [3.63, 3.8) is 0 Å². The number of hydrogen-bond donors (Lipinski definition) is 0. The summed E-state index contributed by atoms with van der Waals surface area (Å²) in [4.78, 5) is -0.0237. The van der Waals surface area contributed by atoms with E-state index in [1.54, 1.807) is 0 Å². The van der Waals surface area contributed by atoms with Gasteiger partial charge in [0.25, 0.3) is 0 Å². The van der Waals surface area contributed by atoms with Gasteiger partial charge in [0, 0.05) is 5.02 Å². The normalized spacial score (nSPS) is 13.1. The molecule has 0 bridgehead atoms. The predicted molar refractivity (Wildman–Crippen MR) is 63.3 cm³/mol. The van der Waals surface area contributed by atoms with Crippen LogP contribution in [0.1, 0.15) is 13.3 Å². The molecule has 0 saturated heterocycles. The fourth-order valence-corrected chi connectivity index (χ4v) is 3.19. The molecule has 3 nitrogen and oxygen atoms in total. The van der Waals surface area contributed by atoms with E-state index in [2.05, 4.69) is 0 Å². The van der Waals surface area contributed by atoms with E-state index in [1.165, 1.54) is 25.1 Å². The average molecular weight is 278 g/mol. The van der Waals surface area contributed by atoms with Gasteiger partial charge in [-0.2, -0.15) is 5.26 Å². The van der Waals surface area contributed by atoms with Crippen LogP contribution < -0.4 is 0 Å². The molecule has 86 valence electrons. The number of nitriles is 1. The van der Waals surface area contributed by atoms with E-state index < -0.39 is 15.1 Å². The lowest BCUT2D eigenvalue weighted by molar-refractivity contribution is 0.584. The molecule has 0 N–H and O–H groups in total. The van der Waals surface area contributed by atoms with Gasteiger partial charge in [-0.1, -0.05) is 23.2 Å². The molecule has 1 aromatic rings. The molecule has 0 aliphatic carbocycles. The van der Waals surface area contributed by atoms with Crippen LogP contribution in [0.25, 0.3) is 0 Å². The van der Waals surface area contributed by atoms with E-state index in [4.69, 9.17) is 28.5 Å². The Morgan fingerprint density at radius 3 is 2.62 bits per heavy atom. The molecule has 0 heterocycles. The van der Waals surface area contributed by atoms with Gasteiger partial charge in [-0.25, -0.2) is 8.42 Å². The lowest BCUT2D eigenvalue weighted by atomic mass is 10.3. The topological polar surface area (TPSA) is 57.9 Å². The molecular formula is C10H9Cl2NO2S. The molecule has 0 aliphatic rings. The van der Waals surface area contributed by atoms with E-state index >= 15 is 0 Å². The zero-order valence-electron chi connectivity index (χ0n) is 8.44. The lowest BCUT2D eigenvalue weighted by Crippen LogP contribution is -2.17. The first-order valence-electron chi connectivity index (χ1n) is 4.45. The van der Waals surface area contributed by atoms with E-state index in [0.29, 0.717) is 5.02 Å². The number of rotatable bonds is 3. The molecule has 0 aromatic heterocycles. The Bertz CT molecular complexity index is 534. The van der Waals surface area contributed by atoms with Crippen molar-refractivity contribution < 1.29 is 8.42 Å². The highest BCUT2D eigenvalue weighted by Gasteiger charge is 2.25. The van der Waals surface area contributed by atoms with Crippen molar-refractivity contribution in [1.82, 2.24) is 0 Å². The van der Waals surface area contributed by atoms with Crippen LogP contribution in [-0.2, 0) is 9.84 Å². The summed E-state index contributed by atoms with van der Waals surface area (Å²) in [6.07, 6.45) is -0.0782. The molecular weight excluding hydrogens is 269 g/mol. The minimum absolute atomic E-state index is 0.0237. The summed E-state index contributed by atoms with van der Waals surface area (Å²) in [6, 6.07) is 6.06. The number of halogens is 2. The SMILES string of the molecule is CC(CC#N)S(=O)(=O)c1cc(Cl)ccc1Cl. The second-order valence-corrected chi connectivity index (χ2v) is 6.47. The third-order valence-corrected chi connectivity index (χ3v) is 4.96. The van der Waals surface area contributed by atoms with Crippen molar-refractivity contribution in [3.05, 3.63) is 28.2 Å². The Morgan fingerprint density at radius 1 is 1.44 bits per heavy atom. The minimum Gasteiger partial charge on any atom is -0.223 e. The lowest BCUT2D eigenvalue weighted by Gasteiger charge is -2.11. The summed E-state index contributed by atoms with van der Waals surface area (Å²) < 4.78 is 24.0. The van der Waals surface area contributed by atoms with Crippen molar-refractivity contribution in [1.29, 1.82) is 5.26 Å². The maximum Gasteiger partial charge on any atom is 0.183 e. The molecule has 0 spiro atoms. The van der Waals surface area contributed by atoms with Crippen LogP contribution in [0.3, 0.4) is 0 Å². The van der Waals surface area contributed by atoms with E-state index in [9.17, 15) is 8.42 Å². The average Bonchev–Trinajstić information content (AvgIpc) is 2.22. The molecule has 1 rings (SSSR count). The highest BCUT2D eigenvalue weighted by atomic mass is 35.5. The first-order valence-corrected chi connectivity index (χ1v) is 6.75. The molecule has 16 heavy (non-hydrogen) atoms.